The minimum Gasteiger partial charge on any atom is -1.00 e. The average Bonchev–Trinajstić information content (AvgIpc) is 2.12. The molecule has 0 unspecified atom stereocenters. The molecule has 0 radical (unpaired) electrons. The van der Waals surface area contributed by atoms with Crippen molar-refractivity contribution < 1.29 is 42.7 Å². The van der Waals surface area contributed by atoms with Crippen LogP contribution in [-0.4, -0.2) is 62.5 Å². The number of halogens is 1. The van der Waals surface area contributed by atoms with Crippen molar-refractivity contribution in [2.24, 2.45) is 5.73 Å². The van der Waals surface area contributed by atoms with Gasteiger partial charge in [0.1, 0.15) is 24.4 Å². The van der Waals surface area contributed by atoms with Gasteiger partial charge >= 0.3 is 5.97 Å². The molecule has 0 aliphatic rings. The molecule has 7 N–H and O–H groups in total. The summed E-state index contributed by atoms with van der Waals surface area (Å²) in [5, 5.41) is 43.5. The summed E-state index contributed by atoms with van der Waals surface area (Å²) in [6, 6.07) is -1.70. The molecule has 0 amide bonds. The highest BCUT2D eigenvalue weighted by molar-refractivity contribution is 5.74. The minimum absolute atomic E-state index is 0. The number of carboxylic acids is 1. The van der Waals surface area contributed by atoms with E-state index >= 15 is 0 Å². The molecule has 86 valence electrons. The lowest BCUT2D eigenvalue weighted by Gasteiger charge is -2.23. The lowest BCUT2D eigenvalue weighted by molar-refractivity contribution is -0.146. The lowest BCUT2D eigenvalue weighted by Crippen LogP contribution is -3.00. The van der Waals surface area contributed by atoms with Gasteiger partial charge in [0.2, 0.25) is 0 Å². The van der Waals surface area contributed by atoms with Crippen LogP contribution in [0.4, 0.5) is 0 Å². The normalized spacial score (nSPS) is 18.9. The molecule has 0 aromatic carbocycles. The van der Waals surface area contributed by atoms with Crippen LogP contribution >= 0.6 is 0 Å². The van der Waals surface area contributed by atoms with Crippen LogP contribution in [-0.2, 0) is 4.79 Å². The highest BCUT2D eigenvalue weighted by Gasteiger charge is 2.32. The van der Waals surface area contributed by atoms with E-state index in [0.717, 1.165) is 0 Å². The third-order valence-electron chi connectivity index (χ3n) is 1.58. The van der Waals surface area contributed by atoms with Gasteiger partial charge < -0.3 is 43.7 Å². The molecule has 0 saturated heterocycles. The Morgan fingerprint density at radius 3 is 1.93 bits per heavy atom. The fraction of sp³-hybridized carbons (Fsp3) is 0.833. The predicted molar refractivity (Wildman–Crippen MR) is 40.7 cm³/mol. The van der Waals surface area contributed by atoms with Gasteiger partial charge in [0.15, 0.2) is 0 Å². The topological polar surface area (TPSA) is 144 Å². The van der Waals surface area contributed by atoms with Crippen molar-refractivity contribution in [3.8, 4) is 0 Å². The molecule has 0 rings (SSSR count). The van der Waals surface area contributed by atoms with E-state index in [9.17, 15) is 4.79 Å². The highest BCUT2D eigenvalue weighted by Crippen LogP contribution is 2.03. The van der Waals surface area contributed by atoms with Gasteiger partial charge in [-0.3, -0.25) is 4.79 Å². The first kappa shape index (κ1) is 16.0. The lowest BCUT2D eigenvalue weighted by atomic mass is 10.0. The van der Waals surface area contributed by atoms with Crippen molar-refractivity contribution in [1.82, 2.24) is 0 Å². The van der Waals surface area contributed by atoms with E-state index in [1.165, 1.54) is 0 Å². The van der Waals surface area contributed by atoms with Gasteiger partial charge in [-0.05, 0) is 0 Å². The van der Waals surface area contributed by atoms with Gasteiger partial charge in [0.25, 0.3) is 0 Å². The first-order chi connectivity index (χ1) is 5.91. The fourth-order valence-corrected chi connectivity index (χ4v) is 0.694. The molecule has 14 heavy (non-hydrogen) atoms. The number of aliphatic hydroxyl groups is 4. The van der Waals surface area contributed by atoms with Crippen LogP contribution in [0.1, 0.15) is 0 Å². The maximum absolute atomic E-state index is 10.2. The molecule has 0 aliphatic carbocycles. The molecule has 0 saturated carbocycles. The molecule has 0 heterocycles. The smallest absolute Gasteiger partial charge is 0.323 e. The predicted octanol–water partition coefficient (Wildman–Crippen LogP) is -6.52. The van der Waals surface area contributed by atoms with Crippen molar-refractivity contribution in [3.05, 3.63) is 0 Å². The Morgan fingerprint density at radius 1 is 1.21 bits per heavy atom. The molecule has 0 fully saturated rings. The molecule has 0 aromatic heterocycles. The molecular formula is C6H13ClNO6-. The Kier molecular flexibility index (Phi) is 7.93. The Morgan fingerprint density at radius 2 is 1.64 bits per heavy atom. The second kappa shape index (κ2) is 6.93. The Hall–Kier alpha value is -0.440. The van der Waals surface area contributed by atoms with Gasteiger partial charge in [-0.2, -0.15) is 0 Å². The van der Waals surface area contributed by atoms with E-state index in [1.54, 1.807) is 0 Å². The summed E-state index contributed by atoms with van der Waals surface area (Å²) in [5.41, 5.74) is 4.95. The molecule has 0 aliphatic heterocycles. The van der Waals surface area contributed by atoms with E-state index in [0.29, 0.717) is 0 Å². The monoisotopic (exact) mass is 230 g/mol. The molecule has 8 heteroatoms. The quantitative estimate of drug-likeness (QED) is 0.275. The van der Waals surface area contributed by atoms with E-state index in [2.05, 4.69) is 0 Å². The number of aliphatic hydroxyl groups excluding tert-OH is 4. The Bertz CT molecular complexity index is 180. The summed E-state index contributed by atoms with van der Waals surface area (Å²) in [6.45, 7) is -0.787. The first-order valence-corrected chi connectivity index (χ1v) is 3.55. The number of carboxylic acid groups (broad SMARTS) is 1. The molecule has 0 bridgehead atoms. The van der Waals surface area contributed by atoms with Gasteiger partial charge in [-0.1, -0.05) is 0 Å². The highest BCUT2D eigenvalue weighted by atomic mass is 35.5. The van der Waals surface area contributed by atoms with Crippen LogP contribution in [0, 0.1) is 0 Å². The minimum atomic E-state index is -1.82. The first-order valence-electron chi connectivity index (χ1n) is 3.55. The van der Waals surface area contributed by atoms with Crippen molar-refractivity contribution >= 4 is 5.97 Å². The van der Waals surface area contributed by atoms with Crippen LogP contribution in [0.5, 0.6) is 0 Å². The maximum Gasteiger partial charge on any atom is 0.323 e. The van der Waals surface area contributed by atoms with Crippen molar-refractivity contribution in [2.75, 3.05) is 6.61 Å². The zero-order chi connectivity index (χ0) is 10.6. The van der Waals surface area contributed by atoms with Crippen molar-refractivity contribution in [3.63, 3.8) is 0 Å². The molecule has 7 nitrogen and oxygen atoms in total. The second-order valence-corrected chi connectivity index (χ2v) is 2.60. The number of aliphatic carboxylic acids is 1. The summed E-state index contributed by atoms with van der Waals surface area (Å²) < 4.78 is 0. The standard InChI is InChI=1S/C6H13NO6.ClH/c7-3(6(12)13)5(11)4(10)2(9)1-8;/h2-5,8-11H,1,7H2,(H,12,13);1H/p-1/t2-,3+,4-,5-;/m1./s1. The summed E-state index contributed by atoms with van der Waals surface area (Å²) in [4.78, 5) is 10.2. The number of hydrogen-bond acceptors (Lipinski definition) is 6. The number of carbonyl (C=O) groups is 1. The van der Waals surface area contributed by atoms with Crippen LogP contribution in [0.25, 0.3) is 0 Å². The van der Waals surface area contributed by atoms with E-state index in [1.807, 2.05) is 0 Å². The summed E-state index contributed by atoms with van der Waals surface area (Å²) in [7, 11) is 0. The number of rotatable bonds is 5. The van der Waals surface area contributed by atoms with Crippen LogP contribution in [0.2, 0.25) is 0 Å². The number of nitrogens with two attached hydrogens (primary N) is 1. The fourth-order valence-electron chi connectivity index (χ4n) is 0.694. The maximum atomic E-state index is 10.2. The van der Waals surface area contributed by atoms with E-state index < -0.39 is 36.9 Å². The Labute approximate surface area is 86.2 Å². The van der Waals surface area contributed by atoms with Gasteiger partial charge in [0.05, 0.1) is 6.61 Å². The average molecular weight is 231 g/mol. The second-order valence-electron chi connectivity index (χ2n) is 2.60. The van der Waals surface area contributed by atoms with Gasteiger partial charge in [0, 0.05) is 0 Å². The Balaban J connectivity index is 0. The van der Waals surface area contributed by atoms with E-state index in [4.69, 9.17) is 31.3 Å². The van der Waals surface area contributed by atoms with Crippen molar-refractivity contribution in [1.29, 1.82) is 0 Å². The molecule has 4 atom stereocenters. The third kappa shape index (κ3) is 4.18. The van der Waals surface area contributed by atoms with Crippen LogP contribution in [0.15, 0.2) is 0 Å². The molecular weight excluding hydrogens is 218 g/mol. The largest absolute Gasteiger partial charge is 1.00 e. The van der Waals surface area contributed by atoms with Crippen LogP contribution < -0.4 is 18.1 Å². The van der Waals surface area contributed by atoms with Crippen LogP contribution in [0.3, 0.4) is 0 Å². The van der Waals surface area contributed by atoms with Crippen molar-refractivity contribution in [2.45, 2.75) is 24.4 Å². The molecule has 0 spiro atoms. The SMILES string of the molecule is N[C@H](C(=O)O)[C@@H](O)[C@H](O)[C@H](O)CO.[Cl-]. The van der Waals surface area contributed by atoms with Gasteiger partial charge in [-0.25, -0.2) is 0 Å². The summed E-state index contributed by atoms with van der Waals surface area (Å²) in [5.74, 6) is -1.50. The number of hydrogen-bond donors (Lipinski definition) is 6. The third-order valence-corrected chi connectivity index (χ3v) is 1.58. The zero-order valence-electron chi connectivity index (χ0n) is 7.12. The summed E-state index contributed by atoms with van der Waals surface area (Å²) in [6.07, 6.45) is -5.21. The van der Waals surface area contributed by atoms with Gasteiger partial charge in [-0.15, -0.1) is 0 Å². The molecule has 0 aromatic rings. The summed E-state index contributed by atoms with van der Waals surface area (Å²) >= 11 is 0. The zero-order valence-corrected chi connectivity index (χ0v) is 7.87. The van der Waals surface area contributed by atoms with E-state index in [-0.39, 0.29) is 12.4 Å².